The van der Waals surface area contributed by atoms with E-state index >= 15 is 0 Å². The van der Waals surface area contributed by atoms with Gasteiger partial charge in [0.15, 0.2) is 0 Å². The van der Waals surface area contributed by atoms with Gasteiger partial charge in [-0.25, -0.2) is 0 Å². The van der Waals surface area contributed by atoms with Crippen molar-refractivity contribution in [1.82, 2.24) is 25.7 Å². The van der Waals surface area contributed by atoms with E-state index < -0.39 is 0 Å². The lowest BCUT2D eigenvalue weighted by Gasteiger charge is -2.18. The highest BCUT2D eigenvalue weighted by molar-refractivity contribution is 5.92. The number of H-pyrrole nitrogens is 1. The average molecular weight is 335 g/mol. The van der Waals surface area contributed by atoms with Crippen LogP contribution in [0.5, 0.6) is 0 Å². The number of aromatic nitrogens is 2. The van der Waals surface area contributed by atoms with Crippen molar-refractivity contribution >= 4 is 11.8 Å². The lowest BCUT2D eigenvalue weighted by Crippen LogP contribution is -2.41. The Balaban J connectivity index is 1.93. The van der Waals surface area contributed by atoms with Gasteiger partial charge < -0.3 is 15.5 Å². The Morgan fingerprint density at radius 2 is 2.17 bits per heavy atom. The van der Waals surface area contributed by atoms with Crippen LogP contribution in [0.2, 0.25) is 0 Å². The summed E-state index contributed by atoms with van der Waals surface area (Å²) in [7, 11) is 1.66. The fourth-order valence-electron chi connectivity index (χ4n) is 3.26. The molecular weight excluding hydrogens is 306 g/mol. The van der Waals surface area contributed by atoms with Gasteiger partial charge in [0.1, 0.15) is 5.69 Å². The minimum atomic E-state index is -0.120. The minimum Gasteiger partial charge on any atom is -0.359 e. The largest absolute Gasteiger partial charge is 0.359 e. The van der Waals surface area contributed by atoms with Crippen molar-refractivity contribution in [2.24, 2.45) is 5.92 Å². The summed E-state index contributed by atoms with van der Waals surface area (Å²) >= 11 is 0. The standard InChI is InChI=1S/C17H29N5O2/c1-4-6-12-10-22(8-7-16(23)18-3)11-15(12)19-17(24)14-9-13(5-2)20-21-14/h9,12,15H,4-8,10-11H2,1-3H3,(H,18,23)(H,19,24)(H,20,21)/t12-,15-/m1/s1. The molecule has 2 rings (SSSR count). The fourth-order valence-corrected chi connectivity index (χ4v) is 3.26. The third kappa shape index (κ3) is 4.80. The minimum absolute atomic E-state index is 0.0538. The molecule has 0 radical (unpaired) electrons. The van der Waals surface area contributed by atoms with Crippen molar-refractivity contribution in [3.05, 3.63) is 17.5 Å². The van der Waals surface area contributed by atoms with Crippen LogP contribution < -0.4 is 10.6 Å². The van der Waals surface area contributed by atoms with Gasteiger partial charge in [-0.05, 0) is 24.8 Å². The second-order valence-corrected chi connectivity index (χ2v) is 6.44. The lowest BCUT2D eigenvalue weighted by atomic mass is 9.98. The molecule has 0 saturated carbocycles. The Hall–Kier alpha value is -1.89. The van der Waals surface area contributed by atoms with Gasteiger partial charge in [0.2, 0.25) is 5.91 Å². The van der Waals surface area contributed by atoms with Gasteiger partial charge in [-0.2, -0.15) is 5.10 Å². The van der Waals surface area contributed by atoms with Gasteiger partial charge in [0.05, 0.1) is 0 Å². The van der Waals surface area contributed by atoms with Crippen molar-refractivity contribution in [3.8, 4) is 0 Å². The first-order valence-corrected chi connectivity index (χ1v) is 8.85. The van der Waals surface area contributed by atoms with E-state index in [1.165, 1.54) is 0 Å². The Bertz CT molecular complexity index is 557. The zero-order chi connectivity index (χ0) is 17.5. The van der Waals surface area contributed by atoms with Crippen molar-refractivity contribution in [1.29, 1.82) is 0 Å². The highest BCUT2D eigenvalue weighted by Gasteiger charge is 2.33. The van der Waals surface area contributed by atoms with Crippen molar-refractivity contribution in [2.75, 3.05) is 26.7 Å². The monoisotopic (exact) mass is 335 g/mol. The van der Waals surface area contributed by atoms with Gasteiger partial charge in [0, 0.05) is 44.8 Å². The number of nitrogens with one attached hydrogen (secondary N) is 3. The Kier molecular flexibility index (Phi) is 6.78. The van der Waals surface area contributed by atoms with Crippen LogP contribution in [0.15, 0.2) is 6.07 Å². The van der Waals surface area contributed by atoms with Crippen LogP contribution in [-0.2, 0) is 11.2 Å². The number of aromatic amines is 1. The molecule has 1 aromatic heterocycles. The summed E-state index contributed by atoms with van der Waals surface area (Å²) in [6, 6.07) is 1.92. The summed E-state index contributed by atoms with van der Waals surface area (Å²) in [4.78, 5) is 26.1. The molecule has 1 aromatic rings. The smallest absolute Gasteiger partial charge is 0.272 e. The molecule has 0 aliphatic carbocycles. The molecule has 1 saturated heterocycles. The second kappa shape index (κ2) is 8.82. The van der Waals surface area contributed by atoms with Gasteiger partial charge in [-0.15, -0.1) is 0 Å². The summed E-state index contributed by atoms with van der Waals surface area (Å²) in [5.41, 5.74) is 1.41. The van der Waals surface area contributed by atoms with Crippen LogP contribution in [0, 0.1) is 5.92 Å². The normalized spacial score (nSPS) is 21.0. The molecule has 7 heteroatoms. The molecule has 0 bridgehead atoms. The predicted molar refractivity (Wildman–Crippen MR) is 92.7 cm³/mol. The summed E-state index contributed by atoms with van der Waals surface area (Å²) in [6.45, 7) is 6.63. The zero-order valence-corrected chi connectivity index (χ0v) is 14.9. The summed E-state index contributed by atoms with van der Waals surface area (Å²) in [5.74, 6) is 0.358. The van der Waals surface area contributed by atoms with Gasteiger partial charge in [-0.1, -0.05) is 20.3 Å². The van der Waals surface area contributed by atoms with Crippen LogP contribution >= 0.6 is 0 Å². The predicted octanol–water partition coefficient (Wildman–Crippen LogP) is 0.939. The number of rotatable bonds is 8. The van der Waals surface area contributed by atoms with Gasteiger partial charge >= 0.3 is 0 Å². The first-order valence-electron chi connectivity index (χ1n) is 8.85. The number of amides is 2. The van der Waals surface area contributed by atoms with E-state index in [1.807, 2.05) is 13.0 Å². The molecule has 2 atom stereocenters. The molecule has 24 heavy (non-hydrogen) atoms. The maximum Gasteiger partial charge on any atom is 0.272 e. The second-order valence-electron chi connectivity index (χ2n) is 6.44. The molecule has 2 amide bonds. The third-order valence-electron chi connectivity index (χ3n) is 4.67. The SMILES string of the molecule is CCC[C@@H]1CN(CCC(=O)NC)C[C@H]1NC(=O)c1cc(CC)[nH]n1. The first kappa shape index (κ1) is 18.4. The molecule has 7 nitrogen and oxygen atoms in total. The number of hydrogen-bond donors (Lipinski definition) is 3. The third-order valence-corrected chi connectivity index (χ3v) is 4.67. The molecule has 1 aliphatic rings. The first-order chi connectivity index (χ1) is 11.6. The Morgan fingerprint density at radius 3 is 2.79 bits per heavy atom. The van der Waals surface area contributed by atoms with Crippen LogP contribution in [0.3, 0.4) is 0 Å². The molecule has 2 heterocycles. The van der Waals surface area contributed by atoms with Gasteiger partial charge in [-0.3, -0.25) is 14.7 Å². The maximum absolute atomic E-state index is 12.4. The average Bonchev–Trinajstić information content (AvgIpc) is 3.20. The van der Waals surface area contributed by atoms with Crippen LogP contribution in [0.4, 0.5) is 0 Å². The van der Waals surface area contributed by atoms with Crippen molar-refractivity contribution in [3.63, 3.8) is 0 Å². The maximum atomic E-state index is 12.4. The van der Waals surface area contributed by atoms with E-state index in [1.54, 1.807) is 7.05 Å². The van der Waals surface area contributed by atoms with E-state index in [-0.39, 0.29) is 17.9 Å². The molecule has 134 valence electrons. The quantitative estimate of drug-likeness (QED) is 0.659. The van der Waals surface area contributed by atoms with E-state index in [4.69, 9.17) is 0 Å². The van der Waals surface area contributed by atoms with Crippen LogP contribution in [-0.4, -0.2) is 59.6 Å². The Morgan fingerprint density at radius 1 is 1.38 bits per heavy atom. The van der Waals surface area contributed by atoms with Crippen LogP contribution in [0.25, 0.3) is 0 Å². The summed E-state index contributed by atoms with van der Waals surface area (Å²) in [5, 5.41) is 12.8. The molecule has 0 aromatic carbocycles. The molecule has 1 fully saturated rings. The molecule has 0 unspecified atom stereocenters. The van der Waals surface area contributed by atoms with Gasteiger partial charge in [0.25, 0.3) is 5.91 Å². The van der Waals surface area contributed by atoms with Crippen molar-refractivity contribution in [2.45, 2.75) is 45.6 Å². The zero-order valence-electron chi connectivity index (χ0n) is 14.9. The Labute approximate surface area is 143 Å². The molecular formula is C17H29N5O2. The number of carbonyl (C=O) groups excluding carboxylic acids is 2. The highest BCUT2D eigenvalue weighted by Crippen LogP contribution is 2.22. The summed E-state index contributed by atoms with van der Waals surface area (Å²) < 4.78 is 0. The number of aryl methyl sites for hydroxylation is 1. The van der Waals surface area contributed by atoms with Crippen LogP contribution in [0.1, 0.15) is 49.3 Å². The number of nitrogens with zero attached hydrogens (tertiary/aromatic N) is 2. The summed E-state index contributed by atoms with van der Waals surface area (Å²) in [6.07, 6.45) is 3.48. The molecule has 3 N–H and O–H groups in total. The number of likely N-dealkylation sites (tertiary alicyclic amines) is 1. The topological polar surface area (TPSA) is 90.1 Å². The number of carbonyl (C=O) groups is 2. The highest BCUT2D eigenvalue weighted by atomic mass is 16.2. The lowest BCUT2D eigenvalue weighted by molar-refractivity contribution is -0.120. The van der Waals surface area contributed by atoms with E-state index in [9.17, 15) is 9.59 Å². The van der Waals surface area contributed by atoms with Crippen molar-refractivity contribution < 1.29 is 9.59 Å². The molecule has 0 spiro atoms. The van der Waals surface area contributed by atoms with E-state index in [0.717, 1.165) is 44.6 Å². The van der Waals surface area contributed by atoms with E-state index in [0.29, 0.717) is 18.0 Å². The fraction of sp³-hybridized carbons (Fsp3) is 0.706. The number of hydrogen-bond acceptors (Lipinski definition) is 4. The van der Waals surface area contributed by atoms with E-state index in [2.05, 4.69) is 32.7 Å². The molecule has 1 aliphatic heterocycles.